The Morgan fingerprint density at radius 1 is 1.00 bits per heavy atom. The van der Waals surface area contributed by atoms with E-state index in [1.807, 2.05) is 0 Å². The molecule has 41 heavy (non-hydrogen) atoms. The lowest BCUT2D eigenvalue weighted by Gasteiger charge is -2.09. The average molecular weight is 576 g/mol. The van der Waals surface area contributed by atoms with Crippen LogP contribution < -0.4 is 19.6 Å². The fourth-order valence-corrected chi connectivity index (χ4v) is 4.31. The quantitative estimate of drug-likeness (QED) is 0.0488. The van der Waals surface area contributed by atoms with Crippen LogP contribution in [0.2, 0.25) is 0 Å². The number of fused-ring (bicyclic) bond motifs is 1. The smallest absolute Gasteiger partial charge is 0.343 e. The van der Waals surface area contributed by atoms with Crippen LogP contribution in [0.15, 0.2) is 72.6 Å². The van der Waals surface area contributed by atoms with Crippen LogP contribution in [-0.2, 0) is 9.53 Å². The van der Waals surface area contributed by atoms with Crippen molar-refractivity contribution in [3.8, 4) is 17.2 Å². The van der Waals surface area contributed by atoms with Crippen molar-refractivity contribution >= 4 is 45.1 Å². The number of nitrogens with zero attached hydrogens (tertiary/aromatic N) is 4. The summed E-state index contributed by atoms with van der Waals surface area (Å²) in [6.07, 6.45) is 9.45. The van der Waals surface area contributed by atoms with Crippen molar-refractivity contribution < 1.29 is 28.5 Å². The Hall–Kier alpha value is -4.84. The Kier molecular flexibility index (Phi) is 10.7. The highest BCUT2D eigenvalue weighted by Crippen LogP contribution is 2.25. The lowest BCUT2D eigenvalue weighted by atomic mass is 10.2. The number of anilines is 1. The van der Waals surface area contributed by atoms with Gasteiger partial charge in [0.15, 0.2) is 10.5 Å². The molecule has 0 aliphatic rings. The molecule has 2 aromatic heterocycles. The first-order chi connectivity index (χ1) is 20.1. The van der Waals surface area contributed by atoms with Gasteiger partial charge < -0.3 is 18.9 Å². The topological polar surface area (TPSA) is 134 Å². The van der Waals surface area contributed by atoms with Crippen LogP contribution in [0, 0.1) is 0 Å². The fraction of sp³-hybridized carbons (Fsp3) is 0.241. The minimum Gasteiger partial charge on any atom is -0.496 e. The number of carbonyl (C=O) groups is 2. The van der Waals surface area contributed by atoms with Crippen molar-refractivity contribution in [3.63, 3.8) is 0 Å². The summed E-state index contributed by atoms with van der Waals surface area (Å²) in [5.74, 6) is 0.655. The summed E-state index contributed by atoms with van der Waals surface area (Å²) in [4.78, 5) is 37.1. The van der Waals surface area contributed by atoms with Gasteiger partial charge in [-0.2, -0.15) is 10.1 Å². The average Bonchev–Trinajstić information content (AvgIpc) is 3.41. The summed E-state index contributed by atoms with van der Waals surface area (Å²) < 4.78 is 21.7. The summed E-state index contributed by atoms with van der Waals surface area (Å²) in [5.41, 5.74) is 4.39. The molecule has 0 saturated heterocycles. The zero-order valence-corrected chi connectivity index (χ0v) is 23.3. The van der Waals surface area contributed by atoms with Gasteiger partial charge in [-0.15, -0.1) is 0 Å². The van der Waals surface area contributed by atoms with Gasteiger partial charge in [0.2, 0.25) is 5.13 Å². The van der Waals surface area contributed by atoms with Gasteiger partial charge in [0.25, 0.3) is 0 Å². The minimum atomic E-state index is -0.505. The number of aromatic nitrogens is 3. The summed E-state index contributed by atoms with van der Waals surface area (Å²) in [5, 5.41) is 4.77. The van der Waals surface area contributed by atoms with Crippen LogP contribution in [0.4, 0.5) is 5.13 Å². The number of unbranched alkanes of at least 4 members (excludes halogenated alkanes) is 3. The number of nitrogens with one attached hydrogen (secondary N) is 1. The molecule has 0 amide bonds. The molecule has 2 aromatic carbocycles. The van der Waals surface area contributed by atoms with Gasteiger partial charge in [-0.1, -0.05) is 17.9 Å². The van der Waals surface area contributed by atoms with Crippen LogP contribution in [0.25, 0.3) is 10.5 Å². The molecule has 0 fully saturated rings. The number of methoxy groups -OCH3 is 1. The number of carbonyl (C=O) groups excluding carboxylic acids is 2. The summed E-state index contributed by atoms with van der Waals surface area (Å²) >= 11 is 1.33. The predicted octanol–water partition coefficient (Wildman–Crippen LogP) is 5.43. The van der Waals surface area contributed by atoms with Crippen molar-refractivity contribution in [1.29, 1.82) is 0 Å². The zero-order chi connectivity index (χ0) is 28.9. The second-order valence-electron chi connectivity index (χ2n) is 8.53. The van der Waals surface area contributed by atoms with E-state index in [0.717, 1.165) is 31.8 Å². The summed E-state index contributed by atoms with van der Waals surface area (Å²) in [6, 6.07) is 11.8. The van der Waals surface area contributed by atoms with E-state index in [4.69, 9.17) is 18.9 Å². The number of ether oxygens (including phenoxy) is 4. The molecule has 11 nitrogen and oxygen atoms in total. The fourth-order valence-electron chi connectivity index (χ4n) is 3.59. The van der Waals surface area contributed by atoms with Gasteiger partial charge in [0, 0.05) is 24.0 Å². The Morgan fingerprint density at radius 2 is 1.76 bits per heavy atom. The second kappa shape index (κ2) is 15.1. The maximum absolute atomic E-state index is 12.7. The molecular weight excluding hydrogens is 546 g/mol. The van der Waals surface area contributed by atoms with Crippen molar-refractivity contribution in [2.24, 2.45) is 5.10 Å². The van der Waals surface area contributed by atoms with E-state index in [1.54, 1.807) is 68.2 Å². The molecule has 0 bridgehead atoms. The first-order valence-corrected chi connectivity index (χ1v) is 13.7. The van der Waals surface area contributed by atoms with E-state index >= 15 is 0 Å². The zero-order valence-electron chi connectivity index (χ0n) is 22.4. The molecule has 4 rings (SSSR count). The number of rotatable bonds is 15. The number of hydrogen-bond acceptors (Lipinski definition) is 12. The maximum atomic E-state index is 12.7. The monoisotopic (exact) mass is 575 g/mol. The Morgan fingerprint density at radius 3 is 2.51 bits per heavy atom. The van der Waals surface area contributed by atoms with Crippen molar-refractivity contribution in [1.82, 2.24) is 15.0 Å². The number of benzene rings is 2. The van der Waals surface area contributed by atoms with E-state index in [-0.39, 0.29) is 0 Å². The molecule has 0 aliphatic carbocycles. The molecule has 0 radical (unpaired) electrons. The Balaban J connectivity index is 1.25. The standard InChI is InChI=1S/C29H29N5O6S/c1-3-25(35)39-17-7-5-4-6-16-38-22-10-8-20(9-11-22)28(36)40-23-12-13-24(37-2)21(18-23)19-32-34-29-33-26-27(41-29)31-15-14-30-26/h3,8-15,18-19H,1,4-7,16-17H2,2H3,(H,30,33,34)/b32-19+. The number of thiazole rings is 1. The third kappa shape index (κ3) is 8.83. The Labute approximate surface area is 240 Å². The van der Waals surface area contributed by atoms with E-state index in [2.05, 4.69) is 32.1 Å². The molecule has 2 heterocycles. The van der Waals surface area contributed by atoms with Gasteiger partial charge >= 0.3 is 11.9 Å². The number of hydrazone groups is 1. The summed E-state index contributed by atoms with van der Waals surface area (Å²) in [6.45, 7) is 4.31. The Bertz CT molecular complexity index is 1470. The maximum Gasteiger partial charge on any atom is 0.343 e. The summed E-state index contributed by atoms with van der Waals surface area (Å²) in [7, 11) is 1.55. The van der Waals surface area contributed by atoms with E-state index in [0.29, 0.717) is 57.2 Å². The molecule has 0 saturated carbocycles. The minimum absolute atomic E-state index is 0.338. The van der Waals surface area contributed by atoms with Crippen LogP contribution in [0.5, 0.6) is 17.2 Å². The molecule has 212 valence electrons. The van der Waals surface area contributed by atoms with Crippen LogP contribution in [0.3, 0.4) is 0 Å². The largest absolute Gasteiger partial charge is 0.496 e. The van der Waals surface area contributed by atoms with Crippen molar-refractivity contribution in [3.05, 3.63) is 78.6 Å². The lowest BCUT2D eigenvalue weighted by molar-refractivity contribution is -0.137. The van der Waals surface area contributed by atoms with Crippen molar-refractivity contribution in [2.45, 2.75) is 25.7 Å². The SMILES string of the molecule is C=CC(=O)OCCCCCCOc1ccc(C(=O)Oc2ccc(OC)c(/C=N/Nc3nc4nccnc4s3)c2)cc1. The number of hydrogen-bond donors (Lipinski definition) is 1. The normalized spacial score (nSPS) is 10.9. The van der Waals surface area contributed by atoms with E-state index in [9.17, 15) is 9.59 Å². The van der Waals surface area contributed by atoms with E-state index < -0.39 is 11.9 Å². The molecule has 0 atom stereocenters. The number of esters is 2. The third-order valence-electron chi connectivity index (χ3n) is 5.63. The van der Waals surface area contributed by atoms with Gasteiger partial charge in [0.05, 0.1) is 32.1 Å². The molecule has 0 aliphatic heterocycles. The molecule has 4 aromatic rings. The van der Waals surface area contributed by atoms with Crippen molar-refractivity contribution in [2.75, 3.05) is 25.7 Å². The van der Waals surface area contributed by atoms with Crippen LogP contribution in [-0.4, -0.2) is 53.4 Å². The van der Waals surface area contributed by atoms with Crippen LogP contribution in [0.1, 0.15) is 41.6 Å². The highest BCUT2D eigenvalue weighted by atomic mass is 32.1. The van der Waals surface area contributed by atoms with E-state index in [1.165, 1.54) is 11.3 Å². The van der Waals surface area contributed by atoms with Gasteiger partial charge in [-0.3, -0.25) is 5.43 Å². The third-order valence-corrected chi connectivity index (χ3v) is 6.49. The second-order valence-corrected chi connectivity index (χ2v) is 9.50. The first-order valence-electron chi connectivity index (χ1n) is 12.8. The van der Waals surface area contributed by atoms with Crippen LogP contribution >= 0.6 is 11.3 Å². The van der Waals surface area contributed by atoms with Gasteiger partial charge in [-0.25, -0.2) is 19.6 Å². The highest BCUT2D eigenvalue weighted by Gasteiger charge is 2.11. The van der Waals surface area contributed by atoms with Gasteiger partial charge in [-0.05, 0) is 68.1 Å². The van der Waals surface area contributed by atoms with Gasteiger partial charge in [0.1, 0.15) is 17.2 Å². The molecule has 1 N–H and O–H groups in total. The predicted molar refractivity (Wildman–Crippen MR) is 156 cm³/mol. The highest BCUT2D eigenvalue weighted by molar-refractivity contribution is 7.21. The lowest BCUT2D eigenvalue weighted by Crippen LogP contribution is -2.09. The molecule has 0 spiro atoms. The molecular formula is C29H29N5O6S. The molecule has 0 unspecified atom stereocenters. The first kappa shape index (κ1) is 29.2. The molecule has 12 heteroatoms.